The van der Waals surface area contributed by atoms with Crippen molar-refractivity contribution >= 4 is 35.0 Å². The predicted octanol–water partition coefficient (Wildman–Crippen LogP) is 4.64. The van der Waals surface area contributed by atoms with Crippen LogP contribution in [0, 0.1) is 0 Å². The first-order valence-corrected chi connectivity index (χ1v) is 13.3. The zero-order valence-corrected chi connectivity index (χ0v) is 23.0. The van der Waals surface area contributed by atoms with Crippen molar-refractivity contribution in [1.29, 1.82) is 0 Å². The van der Waals surface area contributed by atoms with Gasteiger partial charge in [-0.25, -0.2) is 9.79 Å². The predicted molar refractivity (Wildman–Crippen MR) is 145 cm³/mol. The van der Waals surface area contributed by atoms with Gasteiger partial charge < -0.3 is 14.2 Å². The minimum atomic E-state index is -0.686. The number of rotatable bonds is 8. The van der Waals surface area contributed by atoms with Gasteiger partial charge in [0.2, 0.25) is 0 Å². The molecular weight excluding hydrogens is 512 g/mol. The lowest BCUT2D eigenvalue weighted by atomic mass is 9.96. The Morgan fingerprint density at radius 3 is 2.51 bits per heavy atom. The molecule has 4 rings (SSSR count). The second kappa shape index (κ2) is 11.4. The first kappa shape index (κ1) is 26.7. The molecule has 1 aromatic heterocycles. The molecule has 0 unspecified atom stereocenters. The molecule has 9 heteroatoms. The van der Waals surface area contributed by atoms with Crippen molar-refractivity contribution in [3.8, 4) is 11.5 Å². The van der Waals surface area contributed by atoms with Crippen LogP contribution >= 0.6 is 22.9 Å². The number of halogens is 1. The van der Waals surface area contributed by atoms with E-state index in [1.165, 1.54) is 11.3 Å². The summed E-state index contributed by atoms with van der Waals surface area (Å²) in [6, 6.07) is 12.1. The third-order valence-corrected chi connectivity index (χ3v) is 6.92. The van der Waals surface area contributed by atoms with Crippen LogP contribution in [0.5, 0.6) is 11.5 Å². The summed E-state index contributed by atoms with van der Waals surface area (Å²) in [7, 11) is 0. The summed E-state index contributed by atoms with van der Waals surface area (Å²) in [5.74, 6) is 0.795. The quantitative estimate of drug-likeness (QED) is 0.389. The zero-order chi connectivity index (χ0) is 26.7. The molecule has 0 bridgehead atoms. The number of nitrogens with zero attached hydrogens (tertiary/aromatic N) is 2. The van der Waals surface area contributed by atoms with E-state index in [-0.39, 0.29) is 18.3 Å². The highest BCUT2D eigenvalue weighted by atomic mass is 35.5. The topological polar surface area (TPSA) is 79.1 Å². The van der Waals surface area contributed by atoms with Crippen molar-refractivity contribution in [3.05, 3.63) is 89.6 Å². The van der Waals surface area contributed by atoms with E-state index in [2.05, 4.69) is 4.99 Å². The Balaban J connectivity index is 1.86. The summed E-state index contributed by atoms with van der Waals surface area (Å²) >= 11 is 7.61. The lowest BCUT2D eigenvalue weighted by molar-refractivity contribution is -0.139. The van der Waals surface area contributed by atoms with Crippen LogP contribution in [0.15, 0.2) is 63.5 Å². The van der Waals surface area contributed by atoms with Crippen molar-refractivity contribution in [2.45, 2.75) is 46.8 Å². The summed E-state index contributed by atoms with van der Waals surface area (Å²) in [5.41, 5.74) is 2.11. The highest BCUT2D eigenvalue weighted by Crippen LogP contribution is 2.32. The maximum absolute atomic E-state index is 13.7. The van der Waals surface area contributed by atoms with Crippen molar-refractivity contribution in [2.75, 3.05) is 13.2 Å². The van der Waals surface area contributed by atoms with E-state index in [1.54, 1.807) is 36.6 Å². The molecule has 7 nitrogen and oxygen atoms in total. The smallest absolute Gasteiger partial charge is 0.338 e. The molecule has 0 N–H and O–H groups in total. The van der Waals surface area contributed by atoms with Crippen LogP contribution in [0.1, 0.15) is 51.8 Å². The molecule has 0 fully saturated rings. The van der Waals surface area contributed by atoms with Crippen molar-refractivity contribution < 1.29 is 19.0 Å². The number of fused-ring (bicyclic) bond motifs is 1. The molecule has 0 saturated heterocycles. The summed E-state index contributed by atoms with van der Waals surface area (Å²) in [4.78, 5) is 31.9. The molecule has 1 aliphatic rings. The Labute approximate surface area is 224 Å². The normalized spacial score (nSPS) is 15.4. The standard InChI is InChI=1S/C28H29ClN2O5S/c1-6-34-22-13-8-18(14-21(22)29)15-23-26(32)31-25(19-9-11-20(12-10-19)36-16(3)4)24(27(33)35-7-2)17(5)30-28(31)37-23/h8-16,25H,6-7H2,1-5H3/b23-15-/t25-/m1/s1. The summed E-state index contributed by atoms with van der Waals surface area (Å²) in [5, 5.41) is 0.463. The Kier molecular flexibility index (Phi) is 8.19. The molecule has 1 aliphatic heterocycles. The number of hydrogen-bond donors (Lipinski definition) is 0. The van der Waals surface area contributed by atoms with E-state index >= 15 is 0 Å². The Morgan fingerprint density at radius 2 is 1.89 bits per heavy atom. The molecule has 1 atom stereocenters. The molecule has 0 amide bonds. The van der Waals surface area contributed by atoms with Crippen LogP contribution in [0.3, 0.4) is 0 Å². The fourth-order valence-corrected chi connectivity index (χ4v) is 5.43. The molecule has 3 aromatic rings. The van der Waals surface area contributed by atoms with Crippen LogP contribution in [-0.2, 0) is 9.53 Å². The van der Waals surface area contributed by atoms with Gasteiger partial charge >= 0.3 is 5.97 Å². The van der Waals surface area contributed by atoms with Crippen LogP contribution < -0.4 is 24.4 Å². The van der Waals surface area contributed by atoms with Gasteiger partial charge in [-0.15, -0.1) is 0 Å². The summed E-state index contributed by atoms with van der Waals surface area (Å²) < 4.78 is 18.7. The highest BCUT2D eigenvalue weighted by Gasteiger charge is 2.33. The molecule has 0 saturated carbocycles. The summed E-state index contributed by atoms with van der Waals surface area (Å²) in [6.07, 6.45) is 1.79. The monoisotopic (exact) mass is 540 g/mol. The first-order chi connectivity index (χ1) is 17.7. The largest absolute Gasteiger partial charge is 0.492 e. The highest BCUT2D eigenvalue weighted by molar-refractivity contribution is 7.07. The number of thiazole rings is 1. The van der Waals surface area contributed by atoms with E-state index in [9.17, 15) is 9.59 Å². The van der Waals surface area contributed by atoms with Gasteiger partial charge in [0.1, 0.15) is 11.5 Å². The lowest BCUT2D eigenvalue weighted by Crippen LogP contribution is -2.39. The molecule has 2 aromatic carbocycles. The second-order valence-corrected chi connectivity index (χ2v) is 10.1. The number of benzene rings is 2. The van der Waals surface area contributed by atoms with Crippen LogP contribution in [0.2, 0.25) is 5.02 Å². The van der Waals surface area contributed by atoms with Crippen LogP contribution in [0.25, 0.3) is 6.08 Å². The SMILES string of the molecule is CCOC(=O)C1=C(C)N=c2s/c(=C\c3ccc(OCC)c(Cl)c3)c(=O)n2[C@@H]1c1ccc(OC(C)C)cc1. The van der Waals surface area contributed by atoms with E-state index in [4.69, 9.17) is 25.8 Å². The molecule has 0 radical (unpaired) electrons. The van der Waals surface area contributed by atoms with Gasteiger partial charge in [0.25, 0.3) is 5.56 Å². The van der Waals surface area contributed by atoms with Gasteiger partial charge in [0.05, 0.1) is 46.2 Å². The number of esters is 1. The summed E-state index contributed by atoms with van der Waals surface area (Å²) in [6.45, 7) is 10.0. The van der Waals surface area contributed by atoms with Crippen LogP contribution in [-0.4, -0.2) is 29.9 Å². The van der Waals surface area contributed by atoms with Crippen molar-refractivity contribution in [2.24, 2.45) is 4.99 Å². The van der Waals surface area contributed by atoms with Gasteiger partial charge in [0, 0.05) is 0 Å². The third kappa shape index (κ3) is 5.65. The van der Waals surface area contributed by atoms with E-state index in [0.29, 0.717) is 43.7 Å². The van der Waals surface area contributed by atoms with E-state index in [0.717, 1.165) is 11.1 Å². The first-order valence-electron chi connectivity index (χ1n) is 12.1. The van der Waals surface area contributed by atoms with Gasteiger partial charge in [-0.3, -0.25) is 9.36 Å². The Morgan fingerprint density at radius 1 is 1.16 bits per heavy atom. The van der Waals surface area contributed by atoms with Gasteiger partial charge in [0.15, 0.2) is 4.80 Å². The van der Waals surface area contributed by atoms with Gasteiger partial charge in [-0.2, -0.15) is 0 Å². The minimum absolute atomic E-state index is 0.0249. The maximum atomic E-state index is 13.7. The molecule has 0 spiro atoms. The zero-order valence-electron chi connectivity index (χ0n) is 21.4. The number of allylic oxidation sites excluding steroid dienone is 1. The number of carbonyl (C=O) groups excluding carboxylic acids is 1. The minimum Gasteiger partial charge on any atom is -0.492 e. The Hall–Kier alpha value is -3.36. The number of ether oxygens (including phenoxy) is 3. The van der Waals surface area contributed by atoms with Crippen molar-refractivity contribution in [1.82, 2.24) is 4.57 Å². The number of hydrogen-bond acceptors (Lipinski definition) is 7. The van der Waals surface area contributed by atoms with E-state index < -0.39 is 12.0 Å². The number of carbonyl (C=O) groups is 1. The molecule has 0 aliphatic carbocycles. The van der Waals surface area contributed by atoms with Gasteiger partial charge in [-0.1, -0.05) is 41.1 Å². The maximum Gasteiger partial charge on any atom is 0.338 e. The van der Waals surface area contributed by atoms with E-state index in [1.807, 2.05) is 51.1 Å². The number of aromatic nitrogens is 1. The molecule has 2 heterocycles. The average molecular weight is 541 g/mol. The fraction of sp³-hybridized carbons (Fsp3) is 0.321. The van der Waals surface area contributed by atoms with Gasteiger partial charge in [-0.05, 0) is 76.1 Å². The molecule has 37 heavy (non-hydrogen) atoms. The Bertz CT molecular complexity index is 1520. The molecular formula is C28H29ClN2O5S. The lowest BCUT2D eigenvalue weighted by Gasteiger charge is -2.25. The third-order valence-electron chi connectivity index (χ3n) is 5.64. The fourth-order valence-electron chi connectivity index (χ4n) is 4.14. The average Bonchev–Trinajstić information content (AvgIpc) is 3.14. The molecule has 194 valence electrons. The second-order valence-electron chi connectivity index (χ2n) is 8.66. The van der Waals surface area contributed by atoms with Crippen LogP contribution in [0.4, 0.5) is 0 Å². The van der Waals surface area contributed by atoms with Crippen molar-refractivity contribution in [3.63, 3.8) is 0 Å².